The van der Waals surface area contributed by atoms with E-state index in [4.69, 9.17) is 37.9 Å². The fourth-order valence-corrected chi connectivity index (χ4v) is 2.22. The van der Waals surface area contributed by atoms with E-state index in [2.05, 4.69) is 10.1 Å². The van der Waals surface area contributed by atoms with Crippen molar-refractivity contribution in [2.24, 2.45) is 0 Å². The van der Waals surface area contributed by atoms with E-state index in [0.29, 0.717) is 99.0 Å². The highest BCUT2D eigenvalue weighted by atomic mass is 16.6. The topological polar surface area (TPSA) is 129 Å². The van der Waals surface area contributed by atoms with Crippen LogP contribution in [-0.4, -0.2) is 124 Å². The van der Waals surface area contributed by atoms with E-state index in [1.54, 1.807) is 0 Å². The summed E-state index contributed by atoms with van der Waals surface area (Å²) in [6.45, 7) is 12.1. The van der Waals surface area contributed by atoms with Crippen LogP contribution in [-0.2, 0) is 47.4 Å². The summed E-state index contributed by atoms with van der Waals surface area (Å²) >= 11 is 0. The molecule has 0 saturated carbocycles. The van der Waals surface area contributed by atoms with E-state index in [9.17, 15) is 9.59 Å². The van der Waals surface area contributed by atoms with Crippen molar-refractivity contribution in [3.63, 3.8) is 0 Å². The number of hydrogen-bond donors (Lipinski definition) is 1. The number of carbonyl (C=O) groups excluding carboxylic acids is 2. The molecule has 208 valence electrons. The van der Waals surface area contributed by atoms with Gasteiger partial charge in [-0.15, -0.1) is 0 Å². The lowest BCUT2D eigenvalue weighted by Gasteiger charge is -2.19. The zero-order valence-electron chi connectivity index (χ0n) is 21.8. The number of rotatable bonds is 24. The number of ether oxygens (including phenoxy) is 9. The van der Waals surface area contributed by atoms with Gasteiger partial charge in [0.15, 0.2) is 0 Å². The second-order valence-electron chi connectivity index (χ2n) is 8.04. The van der Waals surface area contributed by atoms with E-state index >= 15 is 0 Å². The maximum atomic E-state index is 11.4. The molecule has 12 heteroatoms. The first kappa shape index (κ1) is 33.5. The first-order valence-electron chi connectivity index (χ1n) is 11.9. The Morgan fingerprint density at radius 2 is 0.914 bits per heavy atom. The quantitative estimate of drug-likeness (QED) is 0.148. The van der Waals surface area contributed by atoms with Gasteiger partial charge in [-0.3, -0.25) is 4.79 Å². The fourth-order valence-electron chi connectivity index (χ4n) is 2.22. The van der Waals surface area contributed by atoms with E-state index in [0.717, 1.165) is 0 Å². The van der Waals surface area contributed by atoms with Crippen LogP contribution in [0.15, 0.2) is 0 Å². The van der Waals surface area contributed by atoms with Crippen LogP contribution in [0.25, 0.3) is 0 Å². The molecule has 0 aliphatic carbocycles. The summed E-state index contributed by atoms with van der Waals surface area (Å²) in [5.41, 5.74) is -0.509. The summed E-state index contributed by atoms with van der Waals surface area (Å²) in [7, 11) is 1.35. The van der Waals surface area contributed by atoms with Crippen molar-refractivity contribution < 1.29 is 52.2 Å². The molecular formula is C23H45NO11. The van der Waals surface area contributed by atoms with Gasteiger partial charge >= 0.3 is 12.1 Å². The van der Waals surface area contributed by atoms with Crippen molar-refractivity contribution >= 4 is 12.1 Å². The Labute approximate surface area is 209 Å². The molecule has 0 aliphatic rings. The third kappa shape index (κ3) is 28.6. The Kier molecular flexibility index (Phi) is 23.1. The van der Waals surface area contributed by atoms with Gasteiger partial charge in [0, 0.05) is 6.54 Å². The molecule has 35 heavy (non-hydrogen) atoms. The van der Waals surface area contributed by atoms with Crippen molar-refractivity contribution in [1.29, 1.82) is 0 Å². The van der Waals surface area contributed by atoms with Gasteiger partial charge in [-0.2, -0.15) is 0 Å². The molecule has 0 rings (SSSR count). The summed E-state index contributed by atoms with van der Waals surface area (Å²) in [5.74, 6) is -0.288. The number of nitrogens with one attached hydrogen (secondary N) is 1. The van der Waals surface area contributed by atoms with Crippen LogP contribution in [0.3, 0.4) is 0 Å². The molecule has 0 aromatic heterocycles. The zero-order chi connectivity index (χ0) is 26.0. The molecule has 0 atom stereocenters. The van der Waals surface area contributed by atoms with Gasteiger partial charge in [0.05, 0.1) is 106 Å². The van der Waals surface area contributed by atoms with Crippen LogP contribution >= 0.6 is 0 Å². The smallest absolute Gasteiger partial charge is 0.407 e. The Bertz CT molecular complexity index is 500. The zero-order valence-corrected chi connectivity index (χ0v) is 21.8. The summed E-state index contributed by atoms with van der Waals surface area (Å²) in [6, 6.07) is 0. The lowest BCUT2D eigenvalue weighted by Crippen LogP contribution is -2.34. The molecule has 1 N–H and O–H groups in total. The Balaban J connectivity index is 3.12. The van der Waals surface area contributed by atoms with Crippen molar-refractivity contribution in [1.82, 2.24) is 5.32 Å². The van der Waals surface area contributed by atoms with Gasteiger partial charge in [-0.1, -0.05) is 0 Å². The van der Waals surface area contributed by atoms with Gasteiger partial charge in [0.1, 0.15) is 5.60 Å². The maximum Gasteiger partial charge on any atom is 0.407 e. The molecule has 0 aromatic carbocycles. The molecule has 0 aromatic rings. The number of esters is 1. The van der Waals surface area contributed by atoms with Crippen LogP contribution in [0.1, 0.15) is 27.2 Å². The summed E-state index contributed by atoms with van der Waals surface area (Å²) in [5, 5.41) is 2.62. The number of methoxy groups -OCH3 is 1. The number of alkyl carbamates (subject to hydrolysis) is 1. The second kappa shape index (κ2) is 24.2. The van der Waals surface area contributed by atoms with E-state index in [1.165, 1.54) is 7.11 Å². The van der Waals surface area contributed by atoms with E-state index in [1.807, 2.05) is 20.8 Å². The third-order valence-corrected chi connectivity index (χ3v) is 3.82. The van der Waals surface area contributed by atoms with Crippen LogP contribution in [0, 0.1) is 0 Å². The monoisotopic (exact) mass is 511 g/mol. The molecular weight excluding hydrogens is 466 g/mol. The standard InChI is InChI=1S/C23H45NO11/c1-23(2,3)35-22(26)24-6-8-29-10-12-31-14-16-33-18-20-34-19-17-32-15-13-30-11-9-28-7-5-21(25)27-4/h5-20H2,1-4H3,(H,24,26). The number of carbonyl (C=O) groups is 2. The van der Waals surface area contributed by atoms with Crippen molar-refractivity contribution in [2.45, 2.75) is 32.8 Å². The number of hydrogen-bond acceptors (Lipinski definition) is 11. The minimum atomic E-state index is -0.509. The first-order chi connectivity index (χ1) is 16.8. The highest BCUT2D eigenvalue weighted by Gasteiger charge is 2.15. The minimum absolute atomic E-state index is 0.243. The summed E-state index contributed by atoms with van der Waals surface area (Å²) in [4.78, 5) is 22.3. The largest absolute Gasteiger partial charge is 0.469 e. The van der Waals surface area contributed by atoms with E-state index < -0.39 is 11.7 Å². The van der Waals surface area contributed by atoms with Gasteiger partial charge < -0.3 is 47.9 Å². The van der Waals surface area contributed by atoms with Gasteiger partial charge in [-0.25, -0.2) is 4.79 Å². The fraction of sp³-hybridized carbons (Fsp3) is 0.913. The number of amides is 1. The van der Waals surface area contributed by atoms with Crippen LogP contribution in [0.4, 0.5) is 4.79 Å². The summed E-state index contributed by atoms with van der Waals surface area (Å²) in [6.07, 6.45) is -0.211. The molecule has 0 bridgehead atoms. The molecule has 0 aliphatic heterocycles. The maximum absolute atomic E-state index is 11.4. The van der Waals surface area contributed by atoms with Crippen molar-refractivity contribution in [3.8, 4) is 0 Å². The highest BCUT2D eigenvalue weighted by Crippen LogP contribution is 2.06. The summed E-state index contributed by atoms with van der Waals surface area (Å²) < 4.78 is 47.2. The highest BCUT2D eigenvalue weighted by molar-refractivity contribution is 5.69. The Hall–Kier alpha value is -1.54. The van der Waals surface area contributed by atoms with Crippen LogP contribution < -0.4 is 5.32 Å². The van der Waals surface area contributed by atoms with Crippen molar-refractivity contribution in [2.75, 3.05) is 106 Å². The first-order valence-corrected chi connectivity index (χ1v) is 11.9. The van der Waals surface area contributed by atoms with Gasteiger partial charge in [0.2, 0.25) is 0 Å². The van der Waals surface area contributed by atoms with Gasteiger partial charge in [-0.05, 0) is 20.8 Å². The molecule has 0 fully saturated rings. The molecule has 0 heterocycles. The lowest BCUT2D eigenvalue weighted by molar-refractivity contribution is -0.141. The SMILES string of the molecule is COC(=O)CCOCCOCCOCCOCCOCCOCCOCCNC(=O)OC(C)(C)C. The predicted octanol–water partition coefficient (Wildman–Crippen LogP) is 1.19. The molecule has 12 nitrogen and oxygen atoms in total. The second-order valence-corrected chi connectivity index (χ2v) is 8.04. The molecule has 0 unspecified atom stereocenters. The average molecular weight is 512 g/mol. The Morgan fingerprint density at radius 3 is 1.26 bits per heavy atom. The third-order valence-electron chi connectivity index (χ3n) is 3.82. The van der Waals surface area contributed by atoms with Crippen LogP contribution in [0.2, 0.25) is 0 Å². The van der Waals surface area contributed by atoms with Gasteiger partial charge in [0.25, 0.3) is 0 Å². The molecule has 0 spiro atoms. The van der Waals surface area contributed by atoms with E-state index in [-0.39, 0.29) is 12.4 Å². The average Bonchev–Trinajstić information content (AvgIpc) is 2.80. The minimum Gasteiger partial charge on any atom is -0.469 e. The normalized spacial score (nSPS) is 11.4. The van der Waals surface area contributed by atoms with Crippen molar-refractivity contribution in [3.05, 3.63) is 0 Å². The Morgan fingerprint density at radius 1 is 0.571 bits per heavy atom. The molecule has 0 saturated heterocycles. The van der Waals surface area contributed by atoms with Crippen LogP contribution in [0.5, 0.6) is 0 Å². The molecule has 1 amide bonds. The predicted molar refractivity (Wildman–Crippen MR) is 127 cm³/mol. The molecule has 0 radical (unpaired) electrons. The lowest BCUT2D eigenvalue weighted by atomic mass is 10.2.